The number of aromatic nitrogens is 1. The first-order valence-electron chi connectivity index (χ1n) is 6.79. The van der Waals surface area contributed by atoms with Crippen molar-refractivity contribution in [2.24, 2.45) is 5.92 Å². The van der Waals surface area contributed by atoms with E-state index in [-0.39, 0.29) is 23.3 Å². The quantitative estimate of drug-likeness (QED) is 0.849. The highest BCUT2D eigenvalue weighted by Gasteiger charge is 2.28. The van der Waals surface area contributed by atoms with Gasteiger partial charge < -0.3 is 10.6 Å². The predicted octanol–water partition coefficient (Wildman–Crippen LogP) is 1.33. The van der Waals surface area contributed by atoms with Crippen LogP contribution in [0.5, 0.6) is 0 Å². The minimum absolute atomic E-state index is 0.0107. The van der Waals surface area contributed by atoms with Gasteiger partial charge in [0.15, 0.2) is 9.84 Å². The fourth-order valence-corrected chi connectivity index (χ4v) is 4.33. The molecule has 21 heavy (non-hydrogen) atoms. The van der Waals surface area contributed by atoms with E-state index in [4.69, 9.17) is 11.6 Å². The second-order valence-electron chi connectivity index (χ2n) is 5.06. The van der Waals surface area contributed by atoms with E-state index in [1.807, 2.05) is 6.92 Å². The molecular weight excluding hydrogens is 314 g/mol. The third-order valence-electron chi connectivity index (χ3n) is 3.33. The Bertz CT molecular complexity index is 634. The molecule has 1 atom stereocenters. The molecule has 1 aliphatic heterocycles. The first kappa shape index (κ1) is 16.0. The Kier molecular flexibility index (Phi) is 5.05. The van der Waals surface area contributed by atoms with Gasteiger partial charge in [-0.05, 0) is 25.3 Å². The molecule has 1 aliphatic rings. The fourth-order valence-electron chi connectivity index (χ4n) is 2.23. The zero-order valence-corrected chi connectivity index (χ0v) is 13.3. The Labute approximate surface area is 129 Å². The Morgan fingerprint density at radius 2 is 2.29 bits per heavy atom. The van der Waals surface area contributed by atoms with E-state index in [1.54, 1.807) is 6.07 Å². The average Bonchev–Trinajstić information content (AvgIpc) is 2.78. The molecule has 116 valence electrons. The molecule has 0 aliphatic carbocycles. The number of anilines is 1. The van der Waals surface area contributed by atoms with Crippen LogP contribution in [0.25, 0.3) is 0 Å². The van der Waals surface area contributed by atoms with Gasteiger partial charge in [-0.2, -0.15) is 0 Å². The Balaban J connectivity index is 1.93. The van der Waals surface area contributed by atoms with E-state index >= 15 is 0 Å². The van der Waals surface area contributed by atoms with Gasteiger partial charge in [-0.15, -0.1) is 0 Å². The maximum Gasteiger partial charge on any atom is 0.252 e. The van der Waals surface area contributed by atoms with Gasteiger partial charge in [0.2, 0.25) is 0 Å². The van der Waals surface area contributed by atoms with Crippen LogP contribution in [0, 0.1) is 5.92 Å². The molecule has 6 nitrogen and oxygen atoms in total. The summed E-state index contributed by atoms with van der Waals surface area (Å²) in [5, 5.41) is 6.10. The average molecular weight is 332 g/mol. The maximum atomic E-state index is 12.0. The van der Waals surface area contributed by atoms with Crippen molar-refractivity contribution in [2.75, 3.05) is 29.9 Å². The van der Waals surface area contributed by atoms with Gasteiger partial charge in [-0.1, -0.05) is 11.6 Å². The Morgan fingerprint density at radius 3 is 2.86 bits per heavy atom. The van der Waals surface area contributed by atoms with E-state index in [2.05, 4.69) is 15.6 Å². The normalized spacial score (nSPS) is 20.2. The van der Waals surface area contributed by atoms with Crippen molar-refractivity contribution in [3.63, 3.8) is 0 Å². The first-order valence-corrected chi connectivity index (χ1v) is 8.99. The van der Waals surface area contributed by atoms with Crippen LogP contribution >= 0.6 is 11.6 Å². The summed E-state index contributed by atoms with van der Waals surface area (Å²) in [5.74, 6) is 0.585. The summed E-state index contributed by atoms with van der Waals surface area (Å²) in [5.41, 5.74) is 0.363. The lowest BCUT2D eigenvalue weighted by molar-refractivity contribution is 0.0948. The lowest BCUT2D eigenvalue weighted by Crippen LogP contribution is -2.30. The zero-order chi connectivity index (χ0) is 15.5. The molecule has 0 saturated carbocycles. The largest absolute Gasteiger partial charge is 0.369 e. The van der Waals surface area contributed by atoms with E-state index < -0.39 is 9.84 Å². The Morgan fingerprint density at radius 1 is 1.52 bits per heavy atom. The van der Waals surface area contributed by atoms with Crippen molar-refractivity contribution in [1.82, 2.24) is 10.3 Å². The van der Waals surface area contributed by atoms with Crippen LogP contribution in [0.15, 0.2) is 12.3 Å². The van der Waals surface area contributed by atoms with Crippen LogP contribution in [0.1, 0.15) is 23.7 Å². The standard InChI is InChI=1S/C13H18ClN3O3S/c1-2-15-12-11(14)5-10(7-16-12)13(18)17-6-9-3-4-21(19,20)8-9/h5,7,9H,2-4,6,8H2,1H3,(H,15,16)(H,17,18). The minimum atomic E-state index is -2.92. The van der Waals surface area contributed by atoms with Gasteiger partial charge in [0.1, 0.15) is 5.82 Å². The third-order valence-corrected chi connectivity index (χ3v) is 5.45. The number of halogens is 1. The zero-order valence-electron chi connectivity index (χ0n) is 11.7. The molecule has 0 bridgehead atoms. The number of nitrogens with zero attached hydrogens (tertiary/aromatic N) is 1. The van der Waals surface area contributed by atoms with E-state index in [1.165, 1.54) is 6.20 Å². The summed E-state index contributed by atoms with van der Waals surface area (Å²) < 4.78 is 22.7. The van der Waals surface area contributed by atoms with Crippen LogP contribution in [-0.4, -0.2) is 43.9 Å². The predicted molar refractivity (Wildman–Crippen MR) is 82.5 cm³/mol. The maximum absolute atomic E-state index is 12.0. The van der Waals surface area contributed by atoms with Crippen molar-refractivity contribution in [1.29, 1.82) is 0 Å². The van der Waals surface area contributed by atoms with Gasteiger partial charge >= 0.3 is 0 Å². The van der Waals surface area contributed by atoms with Crippen LogP contribution in [0.3, 0.4) is 0 Å². The van der Waals surface area contributed by atoms with Crippen LogP contribution < -0.4 is 10.6 Å². The number of hydrogen-bond donors (Lipinski definition) is 2. The van der Waals surface area contributed by atoms with Crippen molar-refractivity contribution in [2.45, 2.75) is 13.3 Å². The molecule has 1 aromatic heterocycles. The van der Waals surface area contributed by atoms with E-state index in [0.717, 1.165) is 0 Å². The van der Waals surface area contributed by atoms with Gasteiger partial charge in [0.25, 0.3) is 5.91 Å². The highest BCUT2D eigenvalue weighted by atomic mass is 35.5. The second kappa shape index (κ2) is 6.62. The molecule has 0 spiro atoms. The number of nitrogens with one attached hydrogen (secondary N) is 2. The topological polar surface area (TPSA) is 88.2 Å². The molecular formula is C13H18ClN3O3S. The van der Waals surface area contributed by atoms with Gasteiger partial charge in [0, 0.05) is 19.3 Å². The fraction of sp³-hybridized carbons (Fsp3) is 0.538. The smallest absolute Gasteiger partial charge is 0.252 e. The minimum Gasteiger partial charge on any atom is -0.369 e. The van der Waals surface area contributed by atoms with Crippen molar-refractivity contribution < 1.29 is 13.2 Å². The van der Waals surface area contributed by atoms with E-state index in [0.29, 0.717) is 35.9 Å². The number of carbonyl (C=O) groups excluding carboxylic acids is 1. The summed E-state index contributed by atoms with van der Waals surface area (Å²) in [4.78, 5) is 16.1. The van der Waals surface area contributed by atoms with Gasteiger partial charge in [-0.3, -0.25) is 4.79 Å². The molecule has 2 heterocycles. The van der Waals surface area contributed by atoms with Crippen LogP contribution in [-0.2, 0) is 9.84 Å². The molecule has 2 rings (SSSR count). The number of rotatable bonds is 5. The SMILES string of the molecule is CCNc1ncc(C(=O)NCC2CCS(=O)(=O)C2)cc1Cl. The van der Waals surface area contributed by atoms with Crippen molar-refractivity contribution in [3.8, 4) is 0 Å². The molecule has 1 fully saturated rings. The first-order chi connectivity index (χ1) is 9.91. The highest BCUT2D eigenvalue weighted by Crippen LogP contribution is 2.20. The van der Waals surface area contributed by atoms with Crippen LogP contribution in [0.2, 0.25) is 5.02 Å². The molecule has 8 heteroatoms. The lowest BCUT2D eigenvalue weighted by Gasteiger charge is -2.10. The molecule has 1 unspecified atom stereocenters. The van der Waals surface area contributed by atoms with Crippen LogP contribution in [0.4, 0.5) is 5.82 Å². The number of sulfone groups is 1. The van der Waals surface area contributed by atoms with Crippen molar-refractivity contribution in [3.05, 3.63) is 22.8 Å². The molecule has 1 amide bonds. The summed E-state index contributed by atoms with van der Waals surface area (Å²) in [6.45, 7) is 2.97. The number of amides is 1. The molecule has 1 aromatic rings. The number of hydrogen-bond acceptors (Lipinski definition) is 5. The van der Waals surface area contributed by atoms with E-state index in [9.17, 15) is 13.2 Å². The Hall–Kier alpha value is -1.34. The molecule has 2 N–H and O–H groups in total. The second-order valence-corrected chi connectivity index (χ2v) is 7.70. The molecule has 1 saturated heterocycles. The van der Waals surface area contributed by atoms with Gasteiger partial charge in [-0.25, -0.2) is 13.4 Å². The summed E-state index contributed by atoms with van der Waals surface area (Å²) >= 11 is 6.03. The molecule has 0 aromatic carbocycles. The van der Waals surface area contributed by atoms with Gasteiger partial charge in [0.05, 0.1) is 22.1 Å². The van der Waals surface area contributed by atoms with Crippen molar-refractivity contribution >= 4 is 33.2 Å². The number of pyridine rings is 1. The molecule has 0 radical (unpaired) electrons. The third kappa shape index (κ3) is 4.31. The number of carbonyl (C=O) groups is 1. The summed E-state index contributed by atoms with van der Waals surface area (Å²) in [7, 11) is -2.92. The lowest BCUT2D eigenvalue weighted by atomic mass is 10.1. The monoisotopic (exact) mass is 331 g/mol. The summed E-state index contributed by atoms with van der Waals surface area (Å²) in [6, 6.07) is 1.55. The summed E-state index contributed by atoms with van der Waals surface area (Å²) in [6.07, 6.45) is 2.05. The highest BCUT2D eigenvalue weighted by molar-refractivity contribution is 7.91.